The van der Waals surface area contributed by atoms with Gasteiger partial charge in [0.2, 0.25) is 0 Å². The average molecular weight is 354 g/mol. The maximum Gasteiger partial charge on any atom is 0.416 e. The molecular weight excluding hydrogens is 343 g/mol. The topological polar surface area (TPSA) is 50.9 Å². The van der Waals surface area contributed by atoms with E-state index in [1.807, 2.05) is 0 Å². The van der Waals surface area contributed by atoms with Gasteiger partial charge in [0.05, 0.1) is 17.9 Å². The predicted molar refractivity (Wildman–Crippen MR) is 82.7 cm³/mol. The maximum absolute atomic E-state index is 12.9. The summed E-state index contributed by atoms with van der Waals surface area (Å²) in [5.41, 5.74) is 0.708. The molecule has 0 radical (unpaired) electrons. The Labute approximate surface area is 140 Å². The van der Waals surface area contributed by atoms with E-state index in [-0.39, 0.29) is 11.4 Å². The molecule has 2 aromatic carbocycles. The highest BCUT2D eigenvalue weighted by atomic mass is 35.5. The average Bonchev–Trinajstić information content (AvgIpc) is 2.99. The molecule has 4 nitrogen and oxygen atoms in total. The Balaban J connectivity index is 2.16. The van der Waals surface area contributed by atoms with Crippen molar-refractivity contribution in [1.82, 2.24) is 15.0 Å². The summed E-state index contributed by atoms with van der Waals surface area (Å²) < 4.78 is 40.0. The van der Waals surface area contributed by atoms with Crippen LogP contribution in [0.15, 0.2) is 48.5 Å². The number of hydrogen-bond donors (Lipinski definition) is 1. The minimum Gasteiger partial charge on any atom is -0.390 e. The van der Waals surface area contributed by atoms with Crippen molar-refractivity contribution in [3.05, 3.63) is 64.8 Å². The van der Waals surface area contributed by atoms with Crippen molar-refractivity contribution in [3.8, 4) is 16.9 Å². The van der Waals surface area contributed by atoms with Crippen LogP contribution in [0.2, 0.25) is 5.02 Å². The third kappa shape index (κ3) is 3.13. The lowest BCUT2D eigenvalue weighted by atomic mass is 10.1. The van der Waals surface area contributed by atoms with E-state index in [0.717, 1.165) is 12.1 Å². The number of rotatable bonds is 3. The van der Waals surface area contributed by atoms with E-state index in [2.05, 4.69) is 10.3 Å². The molecule has 0 bridgehead atoms. The summed E-state index contributed by atoms with van der Waals surface area (Å²) in [5.74, 6) is 0. The monoisotopic (exact) mass is 353 g/mol. The minimum atomic E-state index is -4.46. The van der Waals surface area contributed by atoms with E-state index in [4.69, 9.17) is 11.6 Å². The van der Waals surface area contributed by atoms with Crippen LogP contribution < -0.4 is 0 Å². The second-order valence-electron chi connectivity index (χ2n) is 5.01. The van der Waals surface area contributed by atoms with Gasteiger partial charge >= 0.3 is 6.18 Å². The lowest BCUT2D eigenvalue weighted by molar-refractivity contribution is -0.137. The van der Waals surface area contributed by atoms with Crippen molar-refractivity contribution in [2.45, 2.75) is 12.8 Å². The first-order valence-electron chi connectivity index (χ1n) is 6.89. The third-order valence-corrected chi connectivity index (χ3v) is 3.68. The molecular formula is C16H11ClF3N3O. The van der Waals surface area contributed by atoms with Gasteiger partial charge in [0, 0.05) is 10.6 Å². The van der Waals surface area contributed by atoms with Gasteiger partial charge in [-0.05, 0) is 30.3 Å². The molecule has 3 aromatic rings. The molecule has 8 heteroatoms. The van der Waals surface area contributed by atoms with Gasteiger partial charge in [-0.2, -0.15) is 13.2 Å². The van der Waals surface area contributed by atoms with E-state index in [0.29, 0.717) is 16.3 Å². The smallest absolute Gasteiger partial charge is 0.390 e. The van der Waals surface area contributed by atoms with E-state index >= 15 is 0 Å². The molecule has 3 rings (SSSR count). The number of aliphatic hydroxyl groups excluding tert-OH is 1. The Morgan fingerprint density at radius 2 is 1.79 bits per heavy atom. The molecule has 1 N–H and O–H groups in total. The normalized spacial score (nSPS) is 11.7. The summed E-state index contributed by atoms with van der Waals surface area (Å²) in [6.45, 7) is -0.392. The van der Waals surface area contributed by atoms with Crippen LogP contribution >= 0.6 is 11.6 Å². The number of hydrogen-bond acceptors (Lipinski definition) is 3. The van der Waals surface area contributed by atoms with Gasteiger partial charge in [-0.3, -0.25) is 0 Å². The van der Waals surface area contributed by atoms with Gasteiger partial charge in [0.15, 0.2) is 0 Å². The summed E-state index contributed by atoms with van der Waals surface area (Å²) in [5, 5.41) is 17.7. The molecule has 0 atom stereocenters. The van der Waals surface area contributed by atoms with Crippen molar-refractivity contribution in [1.29, 1.82) is 0 Å². The minimum absolute atomic E-state index is 0.196. The van der Waals surface area contributed by atoms with Crippen molar-refractivity contribution in [2.24, 2.45) is 0 Å². The Hall–Kier alpha value is -2.38. The second kappa shape index (κ2) is 6.26. The van der Waals surface area contributed by atoms with Crippen molar-refractivity contribution < 1.29 is 18.3 Å². The quantitative estimate of drug-likeness (QED) is 0.771. The van der Waals surface area contributed by atoms with Crippen LogP contribution in [0.5, 0.6) is 0 Å². The van der Waals surface area contributed by atoms with Crippen LogP contribution in [0, 0.1) is 0 Å². The third-order valence-electron chi connectivity index (χ3n) is 3.43. The Bertz CT molecular complexity index is 860. The lowest BCUT2D eigenvalue weighted by Crippen LogP contribution is -2.07. The van der Waals surface area contributed by atoms with Crippen LogP contribution in [0.4, 0.5) is 13.2 Å². The molecule has 0 unspecified atom stereocenters. The van der Waals surface area contributed by atoms with E-state index in [9.17, 15) is 18.3 Å². The standard InChI is InChI=1S/C16H11ClF3N3O/c17-12-6-4-10(5-7-12)15-14(9-24)21-22-23(15)13-3-1-2-11(8-13)16(18,19)20/h1-8,24H,9H2. The molecule has 0 saturated carbocycles. The zero-order chi connectivity index (χ0) is 17.3. The number of alkyl halides is 3. The zero-order valence-electron chi connectivity index (χ0n) is 12.1. The number of nitrogens with zero attached hydrogens (tertiary/aromatic N) is 3. The molecule has 1 aromatic heterocycles. The van der Waals surface area contributed by atoms with Crippen LogP contribution in [0.25, 0.3) is 16.9 Å². The number of halogens is 4. The van der Waals surface area contributed by atoms with Crippen molar-refractivity contribution in [3.63, 3.8) is 0 Å². The molecule has 1 heterocycles. The largest absolute Gasteiger partial charge is 0.416 e. The first-order valence-corrected chi connectivity index (χ1v) is 7.27. The van der Waals surface area contributed by atoms with Crippen LogP contribution in [-0.4, -0.2) is 20.1 Å². The molecule has 0 aliphatic carbocycles. The molecule has 24 heavy (non-hydrogen) atoms. The fourth-order valence-electron chi connectivity index (χ4n) is 2.31. The van der Waals surface area contributed by atoms with Gasteiger partial charge in [-0.15, -0.1) is 5.10 Å². The van der Waals surface area contributed by atoms with Crippen molar-refractivity contribution in [2.75, 3.05) is 0 Å². The molecule has 0 saturated heterocycles. The fraction of sp³-hybridized carbons (Fsp3) is 0.125. The first-order chi connectivity index (χ1) is 11.4. The van der Waals surface area contributed by atoms with Gasteiger partial charge < -0.3 is 5.11 Å². The van der Waals surface area contributed by atoms with Gasteiger partial charge in [-0.1, -0.05) is 35.0 Å². The van der Waals surface area contributed by atoms with Gasteiger partial charge in [0.1, 0.15) is 11.4 Å². The fourth-order valence-corrected chi connectivity index (χ4v) is 2.44. The van der Waals surface area contributed by atoms with E-state index in [1.54, 1.807) is 24.3 Å². The zero-order valence-corrected chi connectivity index (χ0v) is 12.9. The summed E-state index contributed by atoms with van der Waals surface area (Å²) in [6, 6.07) is 11.4. The lowest BCUT2D eigenvalue weighted by Gasteiger charge is -2.11. The summed E-state index contributed by atoms with van der Waals surface area (Å²) >= 11 is 5.86. The Morgan fingerprint density at radius 3 is 2.42 bits per heavy atom. The van der Waals surface area contributed by atoms with E-state index in [1.165, 1.54) is 16.8 Å². The Morgan fingerprint density at radius 1 is 1.08 bits per heavy atom. The number of benzene rings is 2. The maximum atomic E-state index is 12.9. The van der Waals surface area contributed by atoms with E-state index < -0.39 is 18.3 Å². The number of aromatic nitrogens is 3. The van der Waals surface area contributed by atoms with Crippen molar-refractivity contribution >= 4 is 11.6 Å². The van der Waals surface area contributed by atoms with Gasteiger partial charge in [0.25, 0.3) is 0 Å². The predicted octanol–water partition coefficient (Wildman–Crippen LogP) is 4.10. The summed E-state index contributed by atoms with van der Waals surface area (Å²) in [7, 11) is 0. The van der Waals surface area contributed by atoms with Crippen LogP contribution in [-0.2, 0) is 12.8 Å². The SMILES string of the molecule is OCc1nnn(-c2cccc(C(F)(F)F)c2)c1-c1ccc(Cl)cc1. The molecule has 0 spiro atoms. The highest BCUT2D eigenvalue weighted by Gasteiger charge is 2.31. The second-order valence-corrected chi connectivity index (χ2v) is 5.45. The molecule has 0 aliphatic rings. The summed E-state index contributed by atoms with van der Waals surface area (Å²) in [6.07, 6.45) is -4.46. The Kier molecular flexibility index (Phi) is 4.29. The summed E-state index contributed by atoms with van der Waals surface area (Å²) in [4.78, 5) is 0. The molecule has 0 amide bonds. The van der Waals surface area contributed by atoms with Gasteiger partial charge in [-0.25, -0.2) is 4.68 Å². The first kappa shape index (κ1) is 16.5. The van der Waals surface area contributed by atoms with Crippen LogP contribution in [0.1, 0.15) is 11.3 Å². The highest BCUT2D eigenvalue weighted by molar-refractivity contribution is 6.30. The van der Waals surface area contributed by atoms with Crippen LogP contribution in [0.3, 0.4) is 0 Å². The molecule has 0 aliphatic heterocycles. The molecule has 124 valence electrons. The number of aliphatic hydroxyl groups is 1. The molecule has 0 fully saturated rings. The highest BCUT2D eigenvalue weighted by Crippen LogP contribution is 2.32.